The minimum absolute atomic E-state index is 0.429. The minimum atomic E-state index is 0.429. The Labute approximate surface area is 80.9 Å². The van der Waals surface area contributed by atoms with Crippen LogP contribution in [0.3, 0.4) is 0 Å². The van der Waals surface area contributed by atoms with Crippen LogP contribution in [0.1, 0.15) is 0 Å². The van der Waals surface area contributed by atoms with Gasteiger partial charge in [-0.1, -0.05) is 11.6 Å². The molecule has 0 saturated heterocycles. The van der Waals surface area contributed by atoms with E-state index in [1.54, 1.807) is 24.2 Å². The van der Waals surface area contributed by atoms with Gasteiger partial charge in [0.05, 0.1) is 0 Å². The van der Waals surface area contributed by atoms with Crippen molar-refractivity contribution in [2.24, 2.45) is 0 Å². The molecule has 0 fully saturated rings. The van der Waals surface area contributed by atoms with E-state index in [1.165, 1.54) is 0 Å². The van der Waals surface area contributed by atoms with Crippen molar-refractivity contribution >= 4 is 29.2 Å². The molecule has 1 aromatic rings. The number of hydrogen-bond donors (Lipinski definition) is 1. The predicted molar refractivity (Wildman–Crippen MR) is 53.9 cm³/mol. The molecule has 0 amide bonds. The zero-order valence-corrected chi connectivity index (χ0v) is 8.32. The van der Waals surface area contributed by atoms with Gasteiger partial charge in [0.2, 0.25) is 0 Å². The van der Waals surface area contributed by atoms with E-state index in [0.29, 0.717) is 11.0 Å². The quantitative estimate of drug-likeness (QED) is 0.759. The minimum Gasteiger partial charge on any atom is -0.367 e. The van der Waals surface area contributed by atoms with Crippen LogP contribution in [0, 0.1) is 0 Å². The summed E-state index contributed by atoms with van der Waals surface area (Å²) in [6, 6.07) is 0. The lowest BCUT2D eigenvalue weighted by atomic mass is 10.6. The van der Waals surface area contributed by atoms with E-state index in [0.717, 1.165) is 12.3 Å². The molecule has 3 nitrogen and oxygen atoms in total. The SMILES string of the molecule is CSCCNc1nccnc1Cl. The predicted octanol–water partition coefficient (Wildman–Crippen LogP) is 1.90. The van der Waals surface area contributed by atoms with Crippen LogP contribution < -0.4 is 5.32 Å². The monoisotopic (exact) mass is 203 g/mol. The maximum absolute atomic E-state index is 5.76. The average Bonchev–Trinajstić information content (AvgIpc) is 2.09. The first-order valence-corrected chi connectivity index (χ1v) is 5.31. The number of rotatable bonds is 4. The smallest absolute Gasteiger partial charge is 0.171 e. The van der Waals surface area contributed by atoms with E-state index < -0.39 is 0 Å². The van der Waals surface area contributed by atoms with E-state index >= 15 is 0 Å². The second-order valence-electron chi connectivity index (χ2n) is 2.12. The van der Waals surface area contributed by atoms with E-state index in [-0.39, 0.29) is 0 Å². The lowest BCUT2D eigenvalue weighted by Crippen LogP contribution is -2.06. The molecular weight excluding hydrogens is 194 g/mol. The van der Waals surface area contributed by atoms with Gasteiger partial charge in [-0.3, -0.25) is 0 Å². The Morgan fingerprint density at radius 2 is 2.25 bits per heavy atom. The molecule has 0 atom stereocenters. The molecule has 0 aliphatic heterocycles. The van der Waals surface area contributed by atoms with Crippen molar-refractivity contribution in [3.63, 3.8) is 0 Å². The van der Waals surface area contributed by atoms with Gasteiger partial charge in [-0.05, 0) is 6.26 Å². The zero-order chi connectivity index (χ0) is 8.81. The number of nitrogens with zero attached hydrogens (tertiary/aromatic N) is 2. The second kappa shape index (κ2) is 5.22. The Balaban J connectivity index is 2.46. The summed E-state index contributed by atoms with van der Waals surface area (Å²) in [5, 5.41) is 3.52. The molecular formula is C7H10ClN3S. The Hall–Kier alpha value is -0.480. The van der Waals surface area contributed by atoms with E-state index in [2.05, 4.69) is 21.5 Å². The highest BCUT2D eigenvalue weighted by Gasteiger charge is 1.98. The molecule has 12 heavy (non-hydrogen) atoms. The van der Waals surface area contributed by atoms with Crippen molar-refractivity contribution in [3.8, 4) is 0 Å². The van der Waals surface area contributed by atoms with Crippen LogP contribution in [0.15, 0.2) is 12.4 Å². The topological polar surface area (TPSA) is 37.8 Å². The third-order valence-corrected chi connectivity index (χ3v) is 2.14. The lowest BCUT2D eigenvalue weighted by Gasteiger charge is -2.03. The van der Waals surface area contributed by atoms with Gasteiger partial charge in [0.25, 0.3) is 0 Å². The van der Waals surface area contributed by atoms with Gasteiger partial charge in [0, 0.05) is 24.7 Å². The molecule has 0 bridgehead atoms. The number of halogens is 1. The molecule has 0 unspecified atom stereocenters. The fourth-order valence-corrected chi connectivity index (χ4v) is 1.19. The molecule has 0 spiro atoms. The Bertz CT molecular complexity index is 244. The van der Waals surface area contributed by atoms with Crippen LogP contribution in [0.5, 0.6) is 0 Å². The summed E-state index contributed by atoms with van der Waals surface area (Å²) in [6.07, 6.45) is 5.25. The van der Waals surface area contributed by atoms with E-state index in [1.807, 2.05) is 0 Å². The van der Waals surface area contributed by atoms with Crippen LogP contribution in [-0.4, -0.2) is 28.5 Å². The van der Waals surface area contributed by atoms with Gasteiger partial charge >= 0.3 is 0 Å². The van der Waals surface area contributed by atoms with Crippen LogP contribution in [0.2, 0.25) is 5.15 Å². The second-order valence-corrected chi connectivity index (χ2v) is 3.46. The average molecular weight is 204 g/mol. The summed E-state index contributed by atoms with van der Waals surface area (Å²) in [7, 11) is 0. The third kappa shape index (κ3) is 2.87. The van der Waals surface area contributed by atoms with Crippen molar-refractivity contribution in [3.05, 3.63) is 17.5 Å². The standard InChI is InChI=1S/C7H10ClN3S/c1-12-5-4-11-7-6(8)9-2-3-10-7/h2-3H,4-5H2,1H3,(H,10,11). The van der Waals surface area contributed by atoms with Gasteiger partial charge in [-0.25, -0.2) is 9.97 Å². The Morgan fingerprint density at radius 3 is 2.92 bits per heavy atom. The van der Waals surface area contributed by atoms with Crippen LogP contribution in [0.4, 0.5) is 5.82 Å². The van der Waals surface area contributed by atoms with E-state index in [4.69, 9.17) is 11.6 Å². The molecule has 66 valence electrons. The van der Waals surface area contributed by atoms with Crippen LogP contribution >= 0.6 is 23.4 Å². The summed E-state index contributed by atoms with van der Waals surface area (Å²) in [6.45, 7) is 0.861. The molecule has 0 aromatic carbocycles. The molecule has 0 saturated carbocycles. The van der Waals surface area contributed by atoms with Crippen molar-refractivity contribution in [2.45, 2.75) is 0 Å². The lowest BCUT2D eigenvalue weighted by molar-refractivity contribution is 1.13. The highest BCUT2D eigenvalue weighted by molar-refractivity contribution is 7.98. The molecule has 0 aliphatic carbocycles. The largest absolute Gasteiger partial charge is 0.367 e. The summed E-state index contributed by atoms with van der Waals surface area (Å²) < 4.78 is 0. The molecule has 1 aromatic heterocycles. The van der Waals surface area contributed by atoms with E-state index in [9.17, 15) is 0 Å². The number of thioether (sulfide) groups is 1. The van der Waals surface area contributed by atoms with Crippen molar-refractivity contribution < 1.29 is 0 Å². The normalized spacial score (nSPS) is 9.83. The Kier molecular flexibility index (Phi) is 4.18. The summed E-state index contributed by atoms with van der Waals surface area (Å²) in [5.74, 6) is 1.70. The molecule has 0 radical (unpaired) electrons. The van der Waals surface area contributed by atoms with Gasteiger partial charge in [0.1, 0.15) is 0 Å². The van der Waals surface area contributed by atoms with Crippen LogP contribution in [-0.2, 0) is 0 Å². The van der Waals surface area contributed by atoms with Gasteiger partial charge < -0.3 is 5.32 Å². The van der Waals surface area contributed by atoms with Crippen LogP contribution in [0.25, 0.3) is 0 Å². The maximum Gasteiger partial charge on any atom is 0.171 e. The summed E-state index contributed by atoms with van der Waals surface area (Å²) in [4.78, 5) is 7.93. The van der Waals surface area contributed by atoms with Gasteiger partial charge in [0.15, 0.2) is 11.0 Å². The number of nitrogens with one attached hydrogen (secondary N) is 1. The van der Waals surface area contributed by atoms with Crippen molar-refractivity contribution in [2.75, 3.05) is 23.9 Å². The van der Waals surface area contributed by atoms with Crippen molar-refractivity contribution in [1.82, 2.24) is 9.97 Å². The highest BCUT2D eigenvalue weighted by Crippen LogP contribution is 2.13. The summed E-state index contributed by atoms with van der Waals surface area (Å²) >= 11 is 7.53. The van der Waals surface area contributed by atoms with Gasteiger partial charge in [-0.2, -0.15) is 11.8 Å². The molecule has 1 N–H and O–H groups in total. The van der Waals surface area contributed by atoms with Gasteiger partial charge in [-0.15, -0.1) is 0 Å². The number of anilines is 1. The first-order chi connectivity index (χ1) is 5.84. The molecule has 1 heterocycles. The fourth-order valence-electron chi connectivity index (χ4n) is 0.711. The molecule has 5 heteroatoms. The summed E-state index contributed by atoms with van der Waals surface area (Å²) in [5.41, 5.74) is 0. The number of hydrogen-bond acceptors (Lipinski definition) is 4. The Morgan fingerprint density at radius 1 is 1.50 bits per heavy atom. The first kappa shape index (κ1) is 9.61. The zero-order valence-electron chi connectivity index (χ0n) is 6.75. The highest BCUT2D eigenvalue weighted by atomic mass is 35.5. The van der Waals surface area contributed by atoms with Crippen molar-refractivity contribution in [1.29, 1.82) is 0 Å². The fraction of sp³-hybridized carbons (Fsp3) is 0.429. The third-order valence-electron chi connectivity index (χ3n) is 1.25. The molecule has 0 aliphatic rings. The molecule has 1 rings (SSSR count). The first-order valence-electron chi connectivity index (χ1n) is 3.54. The maximum atomic E-state index is 5.76. The number of aromatic nitrogens is 2.